The standard InChI is InChI=1S/C16H20N2O2/c1-19-13-7-3-5-11(9-13)15(17)16(18)12-6-4-8-14(10-12)20-2/h3-10,15-16H,17-18H2,1-2H3. The Balaban J connectivity index is 2.24. The second kappa shape index (κ2) is 6.41. The van der Waals surface area contributed by atoms with Crippen LogP contribution in [-0.4, -0.2) is 14.2 Å². The van der Waals surface area contributed by atoms with Crippen molar-refractivity contribution in [1.29, 1.82) is 0 Å². The molecule has 2 aromatic rings. The van der Waals surface area contributed by atoms with Crippen molar-refractivity contribution < 1.29 is 9.47 Å². The molecule has 2 aromatic carbocycles. The van der Waals surface area contributed by atoms with E-state index in [1.54, 1.807) is 14.2 Å². The van der Waals surface area contributed by atoms with Gasteiger partial charge in [-0.25, -0.2) is 0 Å². The van der Waals surface area contributed by atoms with E-state index in [2.05, 4.69) is 0 Å². The molecule has 4 nitrogen and oxygen atoms in total. The fraction of sp³-hybridized carbons (Fsp3) is 0.250. The zero-order chi connectivity index (χ0) is 14.5. The lowest BCUT2D eigenvalue weighted by molar-refractivity contribution is 0.411. The fourth-order valence-electron chi connectivity index (χ4n) is 2.11. The molecule has 2 rings (SSSR count). The van der Waals surface area contributed by atoms with Crippen LogP contribution in [0.2, 0.25) is 0 Å². The Labute approximate surface area is 119 Å². The minimum atomic E-state index is -0.308. The van der Waals surface area contributed by atoms with Crippen LogP contribution < -0.4 is 20.9 Å². The highest BCUT2D eigenvalue weighted by Crippen LogP contribution is 2.28. The first-order valence-corrected chi connectivity index (χ1v) is 6.44. The van der Waals surface area contributed by atoms with Crippen molar-refractivity contribution in [1.82, 2.24) is 0 Å². The van der Waals surface area contributed by atoms with Crippen LogP contribution in [0, 0.1) is 0 Å². The Morgan fingerprint density at radius 3 is 1.50 bits per heavy atom. The van der Waals surface area contributed by atoms with Gasteiger partial charge in [0.15, 0.2) is 0 Å². The molecule has 0 aromatic heterocycles. The van der Waals surface area contributed by atoms with Gasteiger partial charge in [0.1, 0.15) is 11.5 Å². The number of benzene rings is 2. The normalized spacial score (nSPS) is 13.6. The molecule has 20 heavy (non-hydrogen) atoms. The molecule has 4 heteroatoms. The summed E-state index contributed by atoms with van der Waals surface area (Å²) in [5, 5.41) is 0. The van der Waals surface area contributed by atoms with Crippen molar-refractivity contribution in [2.45, 2.75) is 12.1 Å². The highest BCUT2D eigenvalue weighted by atomic mass is 16.5. The van der Waals surface area contributed by atoms with Crippen molar-refractivity contribution in [3.63, 3.8) is 0 Å². The first-order chi connectivity index (χ1) is 9.65. The number of methoxy groups -OCH3 is 2. The van der Waals surface area contributed by atoms with Crippen LogP contribution >= 0.6 is 0 Å². The first kappa shape index (κ1) is 14.4. The Kier molecular flexibility index (Phi) is 4.61. The molecule has 2 atom stereocenters. The van der Waals surface area contributed by atoms with Crippen molar-refractivity contribution in [2.75, 3.05) is 14.2 Å². The van der Waals surface area contributed by atoms with Crippen LogP contribution in [0.4, 0.5) is 0 Å². The summed E-state index contributed by atoms with van der Waals surface area (Å²) in [5.74, 6) is 1.55. The van der Waals surface area contributed by atoms with Gasteiger partial charge in [-0.2, -0.15) is 0 Å². The van der Waals surface area contributed by atoms with Crippen LogP contribution in [0.1, 0.15) is 23.2 Å². The van der Waals surface area contributed by atoms with Crippen LogP contribution in [0.15, 0.2) is 48.5 Å². The molecule has 0 aliphatic heterocycles. The van der Waals surface area contributed by atoms with E-state index in [-0.39, 0.29) is 12.1 Å². The summed E-state index contributed by atoms with van der Waals surface area (Å²) in [6, 6.07) is 14.7. The topological polar surface area (TPSA) is 70.5 Å². The van der Waals surface area contributed by atoms with Crippen molar-refractivity contribution in [3.05, 3.63) is 59.7 Å². The molecule has 0 amide bonds. The average Bonchev–Trinajstić information content (AvgIpc) is 2.53. The quantitative estimate of drug-likeness (QED) is 0.877. The van der Waals surface area contributed by atoms with E-state index in [1.165, 1.54) is 0 Å². The zero-order valence-electron chi connectivity index (χ0n) is 11.7. The summed E-state index contributed by atoms with van der Waals surface area (Å²) in [7, 11) is 3.26. The molecule has 106 valence electrons. The molecule has 0 radical (unpaired) electrons. The van der Waals surface area contributed by atoms with Gasteiger partial charge in [0.25, 0.3) is 0 Å². The Morgan fingerprint density at radius 2 is 1.15 bits per heavy atom. The van der Waals surface area contributed by atoms with Crippen molar-refractivity contribution in [2.24, 2.45) is 11.5 Å². The lowest BCUT2D eigenvalue weighted by atomic mass is 9.94. The molecule has 0 fully saturated rings. The third-order valence-electron chi connectivity index (χ3n) is 3.34. The summed E-state index contributed by atoms with van der Waals surface area (Å²) >= 11 is 0. The number of hydrogen-bond donors (Lipinski definition) is 2. The predicted molar refractivity (Wildman–Crippen MR) is 79.8 cm³/mol. The number of rotatable bonds is 5. The summed E-state index contributed by atoms with van der Waals surface area (Å²) in [4.78, 5) is 0. The van der Waals surface area contributed by atoms with E-state index < -0.39 is 0 Å². The monoisotopic (exact) mass is 272 g/mol. The van der Waals surface area contributed by atoms with Crippen molar-refractivity contribution >= 4 is 0 Å². The smallest absolute Gasteiger partial charge is 0.119 e. The molecule has 0 heterocycles. The van der Waals surface area contributed by atoms with Gasteiger partial charge in [0, 0.05) is 12.1 Å². The minimum Gasteiger partial charge on any atom is -0.497 e. The molecular formula is C16H20N2O2. The summed E-state index contributed by atoms with van der Waals surface area (Å²) in [5.41, 5.74) is 14.4. The maximum Gasteiger partial charge on any atom is 0.119 e. The second-order valence-electron chi connectivity index (χ2n) is 4.60. The molecule has 0 saturated carbocycles. The molecule has 0 aliphatic rings. The molecule has 0 spiro atoms. The first-order valence-electron chi connectivity index (χ1n) is 6.44. The minimum absolute atomic E-state index is 0.308. The largest absolute Gasteiger partial charge is 0.497 e. The number of hydrogen-bond acceptors (Lipinski definition) is 4. The van der Waals surface area contributed by atoms with Gasteiger partial charge in [-0.05, 0) is 35.4 Å². The van der Waals surface area contributed by atoms with Gasteiger partial charge < -0.3 is 20.9 Å². The number of ether oxygens (including phenoxy) is 2. The van der Waals surface area contributed by atoms with Gasteiger partial charge in [0.05, 0.1) is 14.2 Å². The second-order valence-corrected chi connectivity index (χ2v) is 4.60. The predicted octanol–water partition coefficient (Wildman–Crippen LogP) is 2.40. The van der Waals surface area contributed by atoms with Gasteiger partial charge in [-0.1, -0.05) is 24.3 Å². The molecular weight excluding hydrogens is 252 g/mol. The van der Waals surface area contributed by atoms with Crippen LogP contribution in [0.25, 0.3) is 0 Å². The van der Waals surface area contributed by atoms with Gasteiger partial charge in [0.2, 0.25) is 0 Å². The van der Waals surface area contributed by atoms with E-state index in [1.807, 2.05) is 48.5 Å². The zero-order valence-corrected chi connectivity index (χ0v) is 11.7. The molecule has 2 unspecified atom stereocenters. The van der Waals surface area contributed by atoms with E-state index in [0.717, 1.165) is 22.6 Å². The lowest BCUT2D eigenvalue weighted by Crippen LogP contribution is -2.26. The Morgan fingerprint density at radius 1 is 0.750 bits per heavy atom. The van der Waals surface area contributed by atoms with E-state index in [9.17, 15) is 0 Å². The van der Waals surface area contributed by atoms with E-state index in [4.69, 9.17) is 20.9 Å². The van der Waals surface area contributed by atoms with E-state index in [0.29, 0.717) is 0 Å². The summed E-state index contributed by atoms with van der Waals surface area (Å²) < 4.78 is 10.4. The third kappa shape index (κ3) is 3.10. The number of nitrogens with two attached hydrogens (primary N) is 2. The van der Waals surface area contributed by atoms with Gasteiger partial charge in [-0.3, -0.25) is 0 Å². The van der Waals surface area contributed by atoms with Crippen LogP contribution in [0.5, 0.6) is 11.5 Å². The fourth-order valence-corrected chi connectivity index (χ4v) is 2.11. The average molecular weight is 272 g/mol. The van der Waals surface area contributed by atoms with Crippen LogP contribution in [0.3, 0.4) is 0 Å². The van der Waals surface area contributed by atoms with Crippen molar-refractivity contribution in [3.8, 4) is 11.5 Å². The lowest BCUT2D eigenvalue weighted by Gasteiger charge is -2.21. The summed E-state index contributed by atoms with van der Waals surface area (Å²) in [6.07, 6.45) is 0. The maximum atomic E-state index is 6.26. The Hall–Kier alpha value is -2.04. The van der Waals surface area contributed by atoms with Gasteiger partial charge in [-0.15, -0.1) is 0 Å². The highest BCUT2D eigenvalue weighted by molar-refractivity contribution is 5.35. The molecule has 4 N–H and O–H groups in total. The molecule has 0 bridgehead atoms. The SMILES string of the molecule is COc1cccc(C(N)C(N)c2cccc(OC)c2)c1. The van der Waals surface area contributed by atoms with E-state index >= 15 is 0 Å². The molecule has 0 aliphatic carbocycles. The maximum absolute atomic E-state index is 6.26. The van der Waals surface area contributed by atoms with Gasteiger partial charge >= 0.3 is 0 Å². The highest BCUT2D eigenvalue weighted by Gasteiger charge is 2.18. The van der Waals surface area contributed by atoms with Crippen LogP contribution in [-0.2, 0) is 0 Å². The Bertz CT molecular complexity index is 520. The molecule has 0 saturated heterocycles. The summed E-state index contributed by atoms with van der Waals surface area (Å²) in [6.45, 7) is 0. The third-order valence-corrected chi connectivity index (χ3v) is 3.34.